The maximum Gasteiger partial charge on any atom is 0.515 e. The van der Waals surface area contributed by atoms with Crippen molar-refractivity contribution in [3.63, 3.8) is 0 Å². The molecule has 0 amide bonds. The number of para-hydroxylation sites is 1. The summed E-state index contributed by atoms with van der Waals surface area (Å²) in [6, 6.07) is 26.3. The van der Waals surface area contributed by atoms with Crippen LogP contribution in [0, 0.1) is 29.1 Å². The Morgan fingerprint density at radius 2 is 1.33 bits per heavy atom. The molecule has 2 aliphatic carbocycles. The first kappa shape index (κ1) is 36.8. The Bertz CT molecular complexity index is 2290. The van der Waals surface area contributed by atoms with Crippen LogP contribution in [-0.2, 0) is 31.8 Å². The third kappa shape index (κ3) is 6.89. The van der Waals surface area contributed by atoms with Gasteiger partial charge in [0.25, 0.3) is 0 Å². The zero-order valence-electron chi connectivity index (χ0n) is 28.7. The summed E-state index contributed by atoms with van der Waals surface area (Å²) < 4.78 is 98.2. The lowest BCUT2D eigenvalue weighted by Gasteiger charge is -2.36. The molecule has 7 rings (SSSR count). The molecular weight excluding hydrogens is 727 g/mol. The minimum absolute atomic E-state index is 0.0605. The van der Waals surface area contributed by atoms with Crippen LogP contribution in [0.5, 0.6) is 17.2 Å². The van der Waals surface area contributed by atoms with E-state index in [0.717, 1.165) is 22.3 Å². The summed E-state index contributed by atoms with van der Waals surface area (Å²) in [4.78, 5) is 40.4. The number of esters is 2. The molecule has 5 aromatic carbocycles. The molecule has 0 heterocycles. The molecule has 0 bridgehead atoms. The minimum atomic E-state index is -2.46. The molecule has 1 atom stereocenters. The highest BCUT2D eigenvalue weighted by molar-refractivity contribution is 5.92. The smallest absolute Gasteiger partial charge is 0.462 e. The molecule has 0 radical (unpaired) electrons. The maximum atomic E-state index is 14.5. The Kier molecular flexibility index (Phi) is 10.1. The van der Waals surface area contributed by atoms with Crippen LogP contribution in [0.2, 0.25) is 0 Å². The number of carbonyl (C=O) groups is 3. The summed E-state index contributed by atoms with van der Waals surface area (Å²) in [6.07, 6.45) is -1.15. The van der Waals surface area contributed by atoms with Gasteiger partial charge < -0.3 is 23.7 Å². The standard InChI is InChI=1S/C42H29F5O8/c1-2-20-51-39(48)28-15-7-8-16-31(28)53-32-17-9-10-23-18-19-42(21-29(23)32,55-41(50)54-38-36(46)34(44)33(43)35(45)37(38)47)40(49)52-22-30-26-13-5-3-11-24(26)25-12-4-6-14-27(25)30/h2-17,30H,1,18-22H2/t42-/m0/s1. The predicted molar refractivity (Wildman–Crippen MR) is 186 cm³/mol. The number of ether oxygens (including phenoxy) is 5. The van der Waals surface area contributed by atoms with E-state index in [1.807, 2.05) is 48.5 Å². The molecule has 0 aliphatic heterocycles. The van der Waals surface area contributed by atoms with Gasteiger partial charge in [-0.1, -0.05) is 85.5 Å². The fourth-order valence-corrected chi connectivity index (χ4v) is 6.88. The third-order valence-corrected chi connectivity index (χ3v) is 9.50. The van der Waals surface area contributed by atoms with Crippen LogP contribution >= 0.6 is 0 Å². The summed E-state index contributed by atoms with van der Waals surface area (Å²) in [5, 5.41) is 0. The predicted octanol–water partition coefficient (Wildman–Crippen LogP) is 9.32. The number of fused-ring (bicyclic) bond motifs is 4. The highest BCUT2D eigenvalue weighted by atomic mass is 19.2. The SMILES string of the molecule is C=CCOC(=O)c1ccccc1Oc1cccc2c1C[C@](OC(=O)Oc1c(F)c(F)c(F)c(F)c1F)(C(=O)OCC1c3ccccc3-c3ccccc31)CC2. The van der Waals surface area contributed by atoms with Crippen LogP contribution in [0.3, 0.4) is 0 Å². The van der Waals surface area contributed by atoms with Gasteiger partial charge >= 0.3 is 18.1 Å². The van der Waals surface area contributed by atoms with Gasteiger partial charge in [0.05, 0.1) is 0 Å². The topological polar surface area (TPSA) is 97.4 Å². The number of halogens is 5. The maximum absolute atomic E-state index is 14.5. The molecule has 2 aliphatic rings. The van der Waals surface area contributed by atoms with E-state index in [1.165, 1.54) is 18.2 Å². The van der Waals surface area contributed by atoms with Crippen LogP contribution in [0.1, 0.15) is 45.0 Å². The Balaban J connectivity index is 1.23. The van der Waals surface area contributed by atoms with Gasteiger partial charge in [0.2, 0.25) is 40.4 Å². The zero-order chi connectivity index (χ0) is 38.9. The molecular formula is C42H29F5O8. The van der Waals surface area contributed by atoms with Gasteiger partial charge in [-0.15, -0.1) is 0 Å². The van der Waals surface area contributed by atoms with Gasteiger partial charge in [0.1, 0.15) is 30.3 Å². The van der Waals surface area contributed by atoms with E-state index in [4.69, 9.17) is 18.9 Å². The first-order valence-electron chi connectivity index (χ1n) is 17.0. The number of rotatable bonds is 10. The van der Waals surface area contributed by atoms with Crippen molar-refractivity contribution in [3.8, 4) is 28.4 Å². The van der Waals surface area contributed by atoms with E-state index in [1.54, 1.807) is 30.3 Å². The average molecular weight is 757 g/mol. The average Bonchev–Trinajstić information content (AvgIpc) is 3.52. The van der Waals surface area contributed by atoms with E-state index < -0.39 is 70.9 Å². The molecule has 8 nitrogen and oxygen atoms in total. The fourth-order valence-electron chi connectivity index (χ4n) is 6.88. The van der Waals surface area contributed by atoms with Crippen LogP contribution in [0.15, 0.2) is 104 Å². The Morgan fingerprint density at radius 3 is 2.00 bits per heavy atom. The quantitative estimate of drug-likeness (QED) is 0.0265. The van der Waals surface area contributed by atoms with Crippen molar-refractivity contribution in [2.24, 2.45) is 0 Å². The van der Waals surface area contributed by atoms with Crippen molar-refractivity contribution in [2.45, 2.75) is 30.8 Å². The van der Waals surface area contributed by atoms with Gasteiger partial charge in [-0.3, -0.25) is 0 Å². The summed E-state index contributed by atoms with van der Waals surface area (Å²) in [5.41, 5.74) is 2.45. The van der Waals surface area contributed by atoms with Crippen molar-refractivity contribution < 1.29 is 60.0 Å². The molecule has 0 N–H and O–H groups in total. The van der Waals surface area contributed by atoms with Gasteiger partial charge in [0, 0.05) is 24.3 Å². The molecule has 280 valence electrons. The molecule has 55 heavy (non-hydrogen) atoms. The minimum Gasteiger partial charge on any atom is -0.462 e. The van der Waals surface area contributed by atoms with Gasteiger partial charge in [-0.2, -0.15) is 8.78 Å². The summed E-state index contributed by atoms with van der Waals surface area (Å²) in [7, 11) is 0. The normalized spacial score (nSPS) is 15.6. The number of hydrogen-bond acceptors (Lipinski definition) is 8. The summed E-state index contributed by atoms with van der Waals surface area (Å²) >= 11 is 0. The molecule has 13 heteroatoms. The van der Waals surface area contributed by atoms with E-state index in [-0.39, 0.29) is 43.1 Å². The van der Waals surface area contributed by atoms with Crippen molar-refractivity contribution in [1.82, 2.24) is 0 Å². The van der Waals surface area contributed by atoms with E-state index in [2.05, 4.69) is 11.3 Å². The molecule has 0 fully saturated rings. The second-order valence-electron chi connectivity index (χ2n) is 12.7. The zero-order valence-corrected chi connectivity index (χ0v) is 28.7. The fraction of sp³-hybridized carbons (Fsp3) is 0.167. The number of hydrogen-bond donors (Lipinski definition) is 0. The van der Waals surface area contributed by atoms with Gasteiger partial charge in [-0.25, -0.2) is 27.6 Å². The van der Waals surface area contributed by atoms with Crippen molar-refractivity contribution >= 4 is 18.1 Å². The van der Waals surface area contributed by atoms with Gasteiger partial charge in [-0.05, 0) is 52.4 Å². The first-order chi connectivity index (χ1) is 26.5. The monoisotopic (exact) mass is 756 g/mol. The molecule has 0 aromatic heterocycles. The van der Waals surface area contributed by atoms with Crippen LogP contribution in [0.4, 0.5) is 26.7 Å². The Morgan fingerprint density at radius 1 is 0.727 bits per heavy atom. The lowest BCUT2D eigenvalue weighted by Crippen LogP contribution is -2.50. The number of aryl methyl sites for hydroxylation is 1. The van der Waals surface area contributed by atoms with Crippen LogP contribution < -0.4 is 9.47 Å². The summed E-state index contributed by atoms with van der Waals surface area (Å²) in [6.45, 7) is 3.26. The third-order valence-electron chi connectivity index (χ3n) is 9.50. The molecule has 0 unspecified atom stereocenters. The molecule has 0 saturated heterocycles. The Labute approximate surface area is 310 Å². The number of carbonyl (C=O) groups excluding carboxylic acids is 3. The number of benzene rings is 5. The van der Waals surface area contributed by atoms with Gasteiger partial charge in [0.15, 0.2) is 0 Å². The first-order valence-corrected chi connectivity index (χ1v) is 17.0. The van der Waals surface area contributed by atoms with E-state index in [0.29, 0.717) is 11.1 Å². The highest BCUT2D eigenvalue weighted by Gasteiger charge is 2.49. The summed E-state index contributed by atoms with van der Waals surface area (Å²) in [5.74, 6) is -15.9. The lowest BCUT2D eigenvalue weighted by molar-refractivity contribution is -0.169. The van der Waals surface area contributed by atoms with Crippen molar-refractivity contribution in [3.05, 3.63) is 161 Å². The highest BCUT2D eigenvalue weighted by Crippen LogP contribution is 2.46. The van der Waals surface area contributed by atoms with Crippen LogP contribution in [-0.4, -0.2) is 36.9 Å². The van der Waals surface area contributed by atoms with Crippen molar-refractivity contribution in [2.75, 3.05) is 13.2 Å². The second-order valence-corrected chi connectivity index (χ2v) is 12.7. The largest absolute Gasteiger partial charge is 0.515 e. The Hall–Kier alpha value is -6.50. The second kappa shape index (κ2) is 15.1. The molecule has 0 spiro atoms. The van der Waals surface area contributed by atoms with Crippen molar-refractivity contribution in [1.29, 1.82) is 0 Å². The molecule has 5 aromatic rings. The van der Waals surface area contributed by atoms with E-state index in [9.17, 15) is 36.3 Å². The van der Waals surface area contributed by atoms with E-state index >= 15 is 0 Å². The lowest BCUT2D eigenvalue weighted by atomic mass is 9.79. The van der Waals surface area contributed by atoms with Crippen LogP contribution in [0.25, 0.3) is 11.1 Å². The molecule has 0 saturated carbocycles.